The van der Waals surface area contributed by atoms with Gasteiger partial charge in [0.05, 0.1) is 17.4 Å². The van der Waals surface area contributed by atoms with Crippen molar-refractivity contribution in [3.05, 3.63) is 76.3 Å². The number of amides is 2. The lowest BCUT2D eigenvalue weighted by molar-refractivity contribution is -0.137. The van der Waals surface area contributed by atoms with E-state index in [1.165, 1.54) is 44.5 Å². The molecule has 0 spiro atoms. The van der Waals surface area contributed by atoms with E-state index in [-0.39, 0.29) is 39.4 Å². The van der Waals surface area contributed by atoms with Crippen molar-refractivity contribution in [3.8, 4) is 11.1 Å². The van der Waals surface area contributed by atoms with Crippen LogP contribution in [0, 0.1) is 5.92 Å². The largest absolute Gasteiger partial charge is 0.418 e. The van der Waals surface area contributed by atoms with Gasteiger partial charge >= 0.3 is 6.18 Å². The molecule has 0 saturated heterocycles. The van der Waals surface area contributed by atoms with Crippen LogP contribution in [-0.2, 0) is 15.7 Å². The van der Waals surface area contributed by atoms with Gasteiger partial charge in [0, 0.05) is 41.8 Å². The molecular weight excluding hydrogens is 457 g/mol. The molecule has 0 aliphatic heterocycles. The van der Waals surface area contributed by atoms with Crippen molar-refractivity contribution in [2.45, 2.75) is 19.2 Å². The number of anilines is 1. The number of methoxy groups -OCH3 is 1. The summed E-state index contributed by atoms with van der Waals surface area (Å²) in [6.45, 7) is 1.77. The number of benzene rings is 2. The number of primary amides is 1. The molecule has 2 aromatic rings. The highest BCUT2D eigenvalue weighted by molar-refractivity contribution is 6.33. The van der Waals surface area contributed by atoms with Gasteiger partial charge in [0.15, 0.2) is 0 Å². The van der Waals surface area contributed by atoms with Crippen LogP contribution in [0.2, 0.25) is 5.02 Å². The predicted octanol–water partition coefficient (Wildman–Crippen LogP) is 5.23. The number of likely N-dealkylation sites (N-methyl/N-ethyl adjacent to an activating group) is 1. The molecule has 1 aliphatic rings. The van der Waals surface area contributed by atoms with Crippen LogP contribution >= 0.6 is 11.6 Å². The number of ether oxygens (including phenoxy) is 1. The third-order valence-electron chi connectivity index (χ3n) is 5.61. The summed E-state index contributed by atoms with van der Waals surface area (Å²) in [5, 5.41) is 0.156. The van der Waals surface area contributed by atoms with Crippen molar-refractivity contribution in [2.24, 2.45) is 11.7 Å². The Bertz CT molecular complexity index is 1160. The smallest absolute Gasteiger partial charge is 0.377 e. The summed E-state index contributed by atoms with van der Waals surface area (Å²) in [5.41, 5.74) is 4.75. The van der Waals surface area contributed by atoms with E-state index in [0.29, 0.717) is 5.57 Å². The first-order valence-corrected chi connectivity index (χ1v) is 10.3. The molecule has 0 bridgehead atoms. The molecular formula is C24H22ClF3N2O3. The fourth-order valence-corrected chi connectivity index (χ4v) is 3.97. The van der Waals surface area contributed by atoms with E-state index in [4.69, 9.17) is 22.1 Å². The number of allylic oxidation sites excluding steroid dienone is 2. The van der Waals surface area contributed by atoms with Gasteiger partial charge in [-0.15, -0.1) is 0 Å². The van der Waals surface area contributed by atoms with Crippen molar-refractivity contribution in [2.75, 3.05) is 19.1 Å². The maximum absolute atomic E-state index is 14.0. The molecule has 33 heavy (non-hydrogen) atoms. The molecule has 2 aromatic carbocycles. The molecule has 0 saturated carbocycles. The Labute approximate surface area is 194 Å². The second-order valence-electron chi connectivity index (χ2n) is 7.65. The van der Waals surface area contributed by atoms with Gasteiger partial charge in [-0.25, -0.2) is 0 Å². The second kappa shape index (κ2) is 9.41. The lowest BCUT2D eigenvalue weighted by Gasteiger charge is -2.29. The number of carbonyl (C=O) groups excluding carboxylic acids is 2. The number of alkyl halides is 3. The van der Waals surface area contributed by atoms with E-state index in [1.54, 1.807) is 25.2 Å². The van der Waals surface area contributed by atoms with E-state index >= 15 is 0 Å². The Hall–Kier alpha value is -3.10. The Morgan fingerprint density at radius 2 is 1.85 bits per heavy atom. The summed E-state index contributed by atoms with van der Waals surface area (Å²) in [6.07, 6.45) is -0.102. The molecule has 2 N–H and O–H groups in total. The standard InChI is InChI=1S/C24H22ClF3N2O3/c1-13-16(5-4-6-21(13)33-3)23(32)30(2)20-10-8-14(12-18(20)24(26,27)28)17-11-15(22(29)31)7-9-19(17)25/h4-13,21H,1-3H3,(H2,29,31). The zero-order chi connectivity index (χ0) is 24.5. The maximum atomic E-state index is 14.0. The van der Waals surface area contributed by atoms with Crippen molar-refractivity contribution in [3.63, 3.8) is 0 Å². The summed E-state index contributed by atoms with van der Waals surface area (Å²) in [7, 11) is 2.79. The second-order valence-corrected chi connectivity index (χ2v) is 8.06. The summed E-state index contributed by atoms with van der Waals surface area (Å²) in [6, 6.07) is 7.64. The number of carbonyl (C=O) groups is 2. The molecule has 0 radical (unpaired) electrons. The van der Waals surface area contributed by atoms with Crippen molar-refractivity contribution >= 4 is 29.1 Å². The number of hydrogen-bond donors (Lipinski definition) is 1. The van der Waals surface area contributed by atoms with Crippen LogP contribution in [0.4, 0.5) is 18.9 Å². The molecule has 2 amide bonds. The average molecular weight is 479 g/mol. The van der Waals surface area contributed by atoms with Crippen LogP contribution in [0.5, 0.6) is 0 Å². The van der Waals surface area contributed by atoms with Gasteiger partial charge in [0.25, 0.3) is 5.91 Å². The molecule has 5 nitrogen and oxygen atoms in total. The number of hydrogen-bond acceptors (Lipinski definition) is 3. The Morgan fingerprint density at radius 3 is 2.45 bits per heavy atom. The Morgan fingerprint density at radius 1 is 1.15 bits per heavy atom. The zero-order valence-corrected chi connectivity index (χ0v) is 18.9. The molecule has 3 rings (SSSR count). The zero-order valence-electron chi connectivity index (χ0n) is 18.1. The summed E-state index contributed by atoms with van der Waals surface area (Å²) < 4.78 is 47.4. The van der Waals surface area contributed by atoms with Crippen molar-refractivity contribution in [1.29, 1.82) is 0 Å². The Kier molecular flexibility index (Phi) is 7.00. The van der Waals surface area contributed by atoms with Gasteiger partial charge in [0.1, 0.15) is 0 Å². The van der Waals surface area contributed by atoms with Gasteiger partial charge in [0.2, 0.25) is 5.91 Å². The molecule has 2 unspecified atom stereocenters. The van der Waals surface area contributed by atoms with E-state index in [0.717, 1.165) is 11.0 Å². The first kappa shape index (κ1) is 24.5. The van der Waals surface area contributed by atoms with Gasteiger partial charge in [-0.3, -0.25) is 9.59 Å². The van der Waals surface area contributed by atoms with Crippen LogP contribution in [0.1, 0.15) is 22.8 Å². The Balaban J connectivity index is 2.06. The highest BCUT2D eigenvalue weighted by atomic mass is 35.5. The average Bonchev–Trinajstić information content (AvgIpc) is 2.77. The lowest BCUT2D eigenvalue weighted by atomic mass is 9.89. The van der Waals surface area contributed by atoms with Crippen LogP contribution in [0.15, 0.2) is 60.2 Å². The molecule has 0 heterocycles. The molecule has 174 valence electrons. The fourth-order valence-electron chi connectivity index (χ4n) is 3.74. The highest BCUT2D eigenvalue weighted by Crippen LogP contribution is 2.41. The third-order valence-corrected chi connectivity index (χ3v) is 5.94. The lowest BCUT2D eigenvalue weighted by Crippen LogP contribution is -2.35. The molecule has 0 fully saturated rings. The predicted molar refractivity (Wildman–Crippen MR) is 121 cm³/mol. The minimum absolute atomic E-state index is 0.110. The van der Waals surface area contributed by atoms with Crippen LogP contribution in [-0.4, -0.2) is 32.1 Å². The van der Waals surface area contributed by atoms with Crippen molar-refractivity contribution in [1.82, 2.24) is 0 Å². The monoisotopic (exact) mass is 478 g/mol. The normalized spacial score (nSPS) is 18.1. The number of rotatable bonds is 5. The number of nitrogens with zero attached hydrogens (tertiary/aromatic N) is 1. The summed E-state index contributed by atoms with van der Waals surface area (Å²) in [4.78, 5) is 25.6. The van der Waals surface area contributed by atoms with Crippen molar-refractivity contribution < 1.29 is 27.5 Å². The van der Waals surface area contributed by atoms with Gasteiger partial charge < -0.3 is 15.4 Å². The summed E-state index contributed by atoms with van der Waals surface area (Å²) in [5.74, 6) is -1.64. The van der Waals surface area contributed by atoms with E-state index in [9.17, 15) is 22.8 Å². The molecule has 1 aliphatic carbocycles. The van der Waals surface area contributed by atoms with Gasteiger partial charge in [-0.05, 0) is 35.9 Å². The van der Waals surface area contributed by atoms with E-state index in [2.05, 4.69) is 0 Å². The first-order valence-electron chi connectivity index (χ1n) is 9.96. The van der Waals surface area contributed by atoms with E-state index in [1.807, 2.05) is 0 Å². The topological polar surface area (TPSA) is 72.6 Å². The SMILES string of the molecule is COC1C=CC=C(C(=O)N(C)c2ccc(-c3cc(C(N)=O)ccc3Cl)cc2C(F)(F)F)C1C. The minimum atomic E-state index is -4.75. The third kappa shape index (κ3) is 4.96. The molecule has 2 atom stereocenters. The summed E-state index contributed by atoms with van der Waals surface area (Å²) >= 11 is 6.18. The molecule has 9 heteroatoms. The highest BCUT2D eigenvalue weighted by Gasteiger charge is 2.37. The number of halogens is 4. The van der Waals surface area contributed by atoms with Gasteiger partial charge in [-0.1, -0.05) is 42.8 Å². The minimum Gasteiger partial charge on any atom is -0.377 e. The quantitative estimate of drug-likeness (QED) is 0.639. The molecule has 0 aromatic heterocycles. The fraction of sp³-hybridized carbons (Fsp3) is 0.250. The van der Waals surface area contributed by atoms with Gasteiger partial charge in [-0.2, -0.15) is 13.2 Å². The van der Waals surface area contributed by atoms with E-state index < -0.39 is 23.6 Å². The van der Waals surface area contributed by atoms with Crippen LogP contribution < -0.4 is 10.6 Å². The number of nitrogens with two attached hydrogens (primary N) is 1. The first-order chi connectivity index (χ1) is 15.5. The maximum Gasteiger partial charge on any atom is 0.418 e. The van der Waals surface area contributed by atoms with Crippen LogP contribution in [0.3, 0.4) is 0 Å². The van der Waals surface area contributed by atoms with Crippen LogP contribution in [0.25, 0.3) is 11.1 Å².